The van der Waals surface area contributed by atoms with E-state index in [0.29, 0.717) is 18.7 Å². The maximum Gasteiger partial charge on any atom is 0.307 e. The molecule has 0 radical (unpaired) electrons. The van der Waals surface area contributed by atoms with Crippen molar-refractivity contribution >= 4 is 21.7 Å². The first-order chi connectivity index (χ1) is 13.9. The second-order valence-corrected chi connectivity index (χ2v) is 9.30. The minimum absolute atomic E-state index is 0.170. The Morgan fingerprint density at radius 3 is 2.24 bits per heavy atom. The van der Waals surface area contributed by atoms with E-state index >= 15 is 0 Å². The Morgan fingerprint density at radius 2 is 1.62 bits per heavy atom. The Kier molecular flexibility index (Phi) is 6.69. The van der Waals surface area contributed by atoms with Crippen molar-refractivity contribution in [3.63, 3.8) is 0 Å². The number of carbonyl (C=O) groups is 2. The highest BCUT2D eigenvalue weighted by atomic mass is 32.2. The van der Waals surface area contributed by atoms with E-state index in [-0.39, 0.29) is 23.0 Å². The van der Waals surface area contributed by atoms with Crippen LogP contribution in [0.25, 0.3) is 0 Å². The van der Waals surface area contributed by atoms with Crippen molar-refractivity contribution in [1.82, 2.24) is 4.90 Å². The monoisotopic (exact) mass is 415 g/mol. The first-order valence-corrected chi connectivity index (χ1v) is 11.3. The lowest BCUT2D eigenvalue weighted by Gasteiger charge is -2.23. The maximum absolute atomic E-state index is 12.9. The molecule has 1 aliphatic heterocycles. The molecule has 0 N–H and O–H groups in total. The zero-order valence-corrected chi connectivity index (χ0v) is 17.2. The van der Waals surface area contributed by atoms with Crippen LogP contribution in [0.15, 0.2) is 59.5 Å². The second kappa shape index (κ2) is 9.22. The number of amides is 1. The lowest BCUT2D eigenvalue weighted by molar-refractivity contribution is -0.160. The number of aryl methyl sites for hydroxylation is 1. The van der Waals surface area contributed by atoms with Crippen LogP contribution in [-0.2, 0) is 24.2 Å². The van der Waals surface area contributed by atoms with Gasteiger partial charge in [-0.2, -0.15) is 0 Å². The fraction of sp³-hybridized carbons (Fsp3) is 0.364. The molecule has 29 heavy (non-hydrogen) atoms. The normalized spacial score (nSPS) is 15.1. The van der Waals surface area contributed by atoms with Gasteiger partial charge in [-0.05, 0) is 31.9 Å². The number of rotatable bonds is 7. The number of likely N-dealkylation sites (tertiary alicyclic amines) is 1. The topological polar surface area (TPSA) is 80.7 Å². The van der Waals surface area contributed by atoms with Crippen LogP contribution in [0.3, 0.4) is 0 Å². The summed E-state index contributed by atoms with van der Waals surface area (Å²) < 4.78 is 30.4. The van der Waals surface area contributed by atoms with E-state index in [0.717, 1.165) is 18.4 Å². The zero-order valence-electron chi connectivity index (χ0n) is 16.4. The van der Waals surface area contributed by atoms with Gasteiger partial charge in [0.2, 0.25) is 6.10 Å². The van der Waals surface area contributed by atoms with E-state index in [2.05, 4.69) is 0 Å². The van der Waals surface area contributed by atoms with Gasteiger partial charge in [0.25, 0.3) is 5.91 Å². The lowest BCUT2D eigenvalue weighted by atomic mass is 10.1. The molecule has 1 fully saturated rings. The fourth-order valence-corrected chi connectivity index (χ4v) is 4.49. The van der Waals surface area contributed by atoms with Gasteiger partial charge < -0.3 is 9.64 Å². The minimum atomic E-state index is -3.60. The molecule has 1 heterocycles. The molecule has 1 amide bonds. The average Bonchev–Trinajstić information content (AvgIpc) is 3.26. The molecule has 0 bridgehead atoms. The van der Waals surface area contributed by atoms with Crippen LogP contribution in [0.1, 0.15) is 36.5 Å². The summed E-state index contributed by atoms with van der Waals surface area (Å²) in [6.45, 7) is 3.15. The molecular formula is C22H25NO5S. The standard InChI is InChI=1S/C22H25NO5S/c1-17-9-11-19(12-10-17)29(26,27)16-13-20(24)28-21(18-7-3-2-4-8-18)22(25)23-14-5-6-15-23/h2-4,7-12,21H,5-6,13-16H2,1H3/t21-/m0/s1. The molecule has 0 aliphatic carbocycles. The van der Waals surface area contributed by atoms with Crippen LogP contribution in [0, 0.1) is 6.92 Å². The molecule has 0 spiro atoms. The molecule has 2 aromatic carbocycles. The molecule has 154 valence electrons. The molecule has 1 atom stereocenters. The van der Waals surface area contributed by atoms with E-state index in [4.69, 9.17) is 4.74 Å². The van der Waals surface area contributed by atoms with Crippen LogP contribution in [0.5, 0.6) is 0 Å². The number of benzene rings is 2. The van der Waals surface area contributed by atoms with Gasteiger partial charge in [-0.25, -0.2) is 8.42 Å². The van der Waals surface area contributed by atoms with E-state index < -0.39 is 21.9 Å². The molecule has 7 heteroatoms. The van der Waals surface area contributed by atoms with Crippen molar-refractivity contribution in [2.75, 3.05) is 18.8 Å². The number of carbonyl (C=O) groups excluding carboxylic acids is 2. The minimum Gasteiger partial charge on any atom is -0.447 e. The van der Waals surface area contributed by atoms with Gasteiger partial charge in [-0.1, -0.05) is 48.0 Å². The summed E-state index contributed by atoms with van der Waals surface area (Å²) in [7, 11) is -3.60. The van der Waals surface area contributed by atoms with Crippen molar-refractivity contribution in [3.05, 3.63) is 65.7 Å². The summed E-state index contributed by atoms with van der Waals surface area (Å²) in [6.07, 6.45) is 0.489. The molecule has 0 aromatic heterocycles. The molecule has 1 aliphatic rings. The van der Waals surface area contributed by atoms with Crippen molar-refractivity contribution in [3.8, 4) is 0 Å². The van der Waals surface area contributed by atoms with Crippen LogP contribution >= 0.6 is 0 Å². The largest absolute Gasteiger partial charge is 0.447 e. The first-order valence-electron chi connectivity index (χ1n) is 9.69. The van der Waals surface area contributed by atoms with Gasteiger partial charge in [0.1, 0.15) is 0 Å². The smallest absolute Gasteiger partial charge is 0.307 e. The lowest BCUT2D eigenvalue weighted by Crippen LogP contribution is -2.35. The van der Waals surface area contributed by atoms with Gasteiger partial charge in [-0.3, -0.25) is 9.59 Å². The van der Waals surface area contributed by atoms with Gasteiger partial charge in [-0.15, -0.1) is 0 Å². The summed E-state index contributed by atoms with van der Waals surface area (Å²) in [5.41, 5.74) is 1.54. The summed E-state index contributed by atoms with van der Waals surface area (Å²) in [5, 5.41) is 0. The van der Waals surface area contributed by atoms with Crippen LogP contribution < -0.4 is 0 Å². The van der Waals surface area contributed by atoms with Crippen molar-refractivity contribution in [2.45, 2.75) is 37.2 Å². The molecule has 0 unspecified atom stereocenters. The van der Waals surface area contributed by atoms with Crippen molar-refractivity contribution in [1.29, 1.82) is 0 Å². The zero-order chi connectivity index (χ0) is 20.9. The third-order valence-corrected chi connectivity index (χ3v) is 6.68. The van der Waals surface area contributed by atoms with E-state index in [9.17, 15) is 18.0 Å². The predicted octanol–water partition coefficient (Wildman–Crippen LogP) is 3.07. The summed E-state index contributed by atoms with van der Waals surface area (Å²) in [5.74, 6) is -1.33. The van der Waals surface area contributed by atoms with Crippen LogP contribution in [0.2, 0.25) is 0 Å². The highest BCUT2D eigenvalue weighted by molar-refractivity contribution is 7.91. The summed E-state index contributed by atoms with van der Waals surface area (Å²) >= 11 is 0. The molecule has 3 rings (SSSR count). The van der Waals surface area contributed by atoms with E-state index in [1.807, 2.05) is 13.0 Å². The Hall–Kier alpha value is -2.67. The number of esters is 1. The number of hydrogen-bond acceptors (Lipinski definition) is 5. The third kappa shape index (κ3) is 5.44. The van der Waals surface area contributed by atoms with Crippen molar-refractivity contribution in [2.24, 2.45) is 0 Å². The summed E-state index contributed by atoms with van der Waals surface area (Å²) in [6, 6.07) is 15.3. The number of ether oxygens (including phenoxy) is 1. The molecule has 6 nitrogen and oxygen atoms in total. The number of sulfone groups is 1. The highest BCUT2D eigenvalue weighted by Gasteiger charge is 2.31. The average molecular weight is 416 g/mol. The van der Waals surface area contributed by atoms with Gasteiger partial charge in [0.05, 0.1) is 17.1 Å². The Bertz CT molecular complexity index is 948. The highest BCUT2D eigenvalue weighted by Crippen LogP contribution is 2.24. The second-order valence-electron chi connectivity index (χ2n) is 7.19. The molecular weight excluding hydrogens is 390 g/mol. The van der Waals surface area contributed by atoms with E-state index in [1.165, 1.54) is 12.1 Å². The fourth-order valence-electron chi connectivity index (χ4n) is 3.26. The predicted molar refractivity (Wildman–Crippen MR) is 109 cm³/mol. The van der Waals surface area contributed by atoms with Crippen LogP contribution in [0.4, 0.5) is 0 Å². The van der Waals surface area contributed by atoms with E-state index in [1.54, 1.807) is 41.3 Å². The molecule has 0 saturated carbocycles. The van der Waals surface area contributed by atoms with Crippen molar-refractivity contribution < 1.29 is 22.7 Å². The van der Waals surface area contributed by atoms with Gasteiger partial charge in [0, 0.05) is 18.7 Å². The molecule has 1 saturated heterocycles. The maximum atomic E-state index is 12.9. The van der Waals surface area contributed by atoms with Gasteiger partial charge >= 0.3 is 5.97 Å². The first kappa shape index (κ1) is 21.0. The Morgan fingerprint density at radius 1 is 1.00 bits per heavy atom. The van der Waals surface area contributed by atoms with Crippen LogP contribution in [-0.4, -0.2) is 44.0 Å². The number of hydrogen-bond donors (Lipinski definition) is 0. The molecule has 2 aromatic rings. The number of nitrogens with zero attached hydrogens (tertiary/aromatic N) is 1. The Balaban J connectivity index is 1.68. The third-order valence-electron chi connectivity index (χ3n) is 4.95. The SMILES string of the molecule is Cc1ccc(S(=O)(=O)CCC(=O)O[C@H](C(=O)N2CCCC2)c2ccccc2)cc1. The summed E-state index contributed by atoms with van der Waals surface area (Å²) in [4.78, 5) is 27.1. The van der Waals surface area contributed by atoms with Gasteiger partial charge in [0.15, 0.2) is 9.84 Å². The Labute approximate surface area is 171 Å². The quantitative estimate of drug-likeness (QED) is 0.649.